The first-order valence-corrected chi connectivity index (χ1v) is 7.47. The van der Waals surface area contributed by atoms with Gasteiger partial charge >= 0.3 is 7.12 Å². The van der Waals surface area contributed by atoms with E-state index in [-0.39, 0.29) is 18.3 Å². The first-order valence-electron chi connectivity index (χ1n) is 7.47. The molecule has 1 aromatic rings. The van der Waals surface area contributed by atoms with Crippen LogP contribution in [0, 0.1) is 0 Å². The van der Waals surface area contributed by atoms with Crippen LogP contribution in [-0.4, -0.2) is 18.3 Å². The average molecular weight is 272 g/mol. The van der Waals surface area contributed by atoms with Gasteiger partial charge in [0.05, 0.1) is 11.2 Å². The first kappa shape index (κ1) is 15.3. The van der Waals surface area contributed by atoms with Crippen molar-refractivity contribution >= 4 is 13.2 Å². The highest BCUT2D eigenvalue weighted by atomic mass is 16.7. The monoisotopic (exact) mass is 272 g/mol. The van der Waals surface area contributed by atoms with Crippen molar-refractivity contribution in [2.24, 2.45) is 0 Å². The van der Waals surface area contributed by atoms with E-state index in [1.54, 1.807) is 0 Å². The Morgan fingerprint density at radius 3 is 2.05 bits per heavy atom. The summed E-state index contributed by atoms with van der Waals surface area (Å²) in [6.45, 7) is 10.5. The Hall–Kier alpha value is -1.06. The van der Waals surface area contributed by atoms with Gasteiger partial charge in [-0.1, -0.05) is 49.7 Å². The molecule has 0 unspecified atom stereocenters. The van der Waals surface area contributed by atoms with Crippen LogP contribution in [0.2, 0.25) is 0 Å². The molecule has 0 spiro atoms. The van der Waals surface area contributed by atoms with Gasteiger partial charge in [0.15, 0.2) is 0 Å². The normalized spacial score (nSPS) is 20.8. The average Bonchev–Trinajstić information content (AvgIpc) is 2.57. The fourth-order valence-corrected chi connectivity index (χ4v) is 2.24. The molecule has 0 aliphatic carbocycles. The third kappa shape index (κ3) is 3.33. The van der Waals surface area contributed by atoms with E-state index in [2.05, 4.69) is 65.0 Å². The van der Waals surface area contributed by atoms with Gasteiger partial charge in [-0.25, -0.2) is 0 Å². The summed E-state index contributed by atoms with van der Waals surface area (Å²) in [5.74, 6) is 1.99. The molecule has 0 amide bonds. The number of hydrogen-bond acceptors (Lipinski definition) is 2. The van der Waals surface area contributed by atoms with E-state index >= 15 is 0 Å². The third-order valence-electron chi connectivity index (χ3n) is 4.24. The van der Waals surface area contributed by atoms with Crippen molar-refractivity contribution in [1.82, 2.24) is 0 Å². The highest BCUT2D eigenvalue weighted by molar-refractivity contribution is 6.52. The number of hydrogen-bond donors (Lipinski definition) is 0. The fourth-order valence-electron chi connectivity index (χ4n) is 2.24. The van der Waals surface area contributed by atoms with Gasteiger partial charge in [-0.3, -0.25) is 0 Å². The maximum atomic E-state index is 5.94. The summed E-state index contributed by atoms with van der Waals surface area (Å²) >= 11 is 0. The summed E-state index contributed by atoms with van der Waals surface area (Å²) in [4.78, 5) is 0. The predicted octanol–water partition coefficient (Wildman–Crippen LogP) is 4.28. The van der Waals surface area contributed by atoms with Crippen LogP contribution in [0.5, 0.6) is 0 Å². The second kappa shape index (κ2) is 5.75. The van der Waals surface area contributed by atoms with Crippen LogP contribution in [0.3, 0.4) is 0 Å². The molecule has 1 aliphatic heterocycles. The van der Waals surface area contributed by atoms with Gasteiger partial charge in [0.25, 0.3) is 0 Å². The Morgan fingerprint density at radius 2 is 1.55 bits per heavy atom. The largest absolute Gasteiger partial charge is 0.487 e. The van der Waals surface area contributed by atoms with Crippen LogP contribution < -0.4 is 0 Å². The zero-order chi connectivity index (χ0) is 14.8. The maximum absolute atomic E-state index is 5.94. The maximum Gasteiger partial charge on any atom is 0.487 e. The summed E-state index contributed by atoms with van der Waals surface area (Å²) in [7, 11) is -0.268. The molecule has 1 aliphatic rings. The van der Waals surface area contributed by atoms with Crippen molar-refractivity contribution in [2.75, 3.05) is 0 Å². The van der Waals surface area contributed by atoms with E-state index < -0.39 is 0 Å². The molecular weight excluding hydrogens is 247 g/mol. The van der Waals surface area contributed by atoms with Crippen molar-refractivity contribution in [2.45, 2.75) is 58.7 Å². The fraction of sp³-hybridized carbons (Fsp3) is 0.529. The van der Waals surface area contributed by atoms with Gasteiger partial charge in [-0.15, -0.1) is 0 Å². The molecule has 108 valence electrons. The summed E-state index contributed by atoms with van der Waals surface area (Å²) in [6.07, 6.45) is 4.39. The molecule has 3 heteroatoms. The molecule has 1 heterocycles. The summed E-state index contributed by atoms with van der Waals surface area (Å²) in [6, 6.07) is 8.67. The van der Waals surface area contributed by atoms with Crippen LogP contribution >= 0.6 is 0 Å². The second-order valence-electron chi connectivity index (χ2n) is 6.48. The zero-order valence-corrected chi connectivity index (χ0v) is 13.3. The Morgan fingerprint density at radius 1 is 1.00 bits per heavy atom. The Kier molecular flexibility index (Phi) is 4.41. The van der Waals surface area contributed by atoms with Crippen molar-refractivity contribution in [3.63, 3.8) is 0 Å². The Labute approximate surface area is 123 Å². The van der Waals surface area contributed by atoms with Crippen molar-refractivity contribution in [3.8, 4) is 0 Å². The molecule has 2 rings (SSSR count). The highest BCUT2D eigenvalue weighted by Gasteiger charge is 2.49. The van der Waals surface area contributed by atoms with E-state index in [4.69, 9.17) is 9.31 Å². The SMILES string of the molecule is CCCc1ccc(C=CB2OC(C)(C)C(C)(C)O2)cc1. The molecule has 1 saturated heterocycles. The molecule has 20 heavy (non-hydrogen) atoms. The van der Waals surface area contributed by atoms with Crippen LogP contribution in [-0.2, 0) is 15.7 Å². The second-order valence-corrected chi connectivity index (χ2v) is 6.48. The predicted molar refractivity (Wildman–Crippen MR) is 85.6 cm³/mol. The molecule has 0 saturated carbocycles. The molecule has 0 bridgehead atoms. The van der Waals surface area contributed by atoms with Crippen LogP contribution in [0.25, 0.3) is 6.08 Å². The van der Waals surface area contributed by atoms with Crippen LogP contribution in [0.4, 0.5) is 0 Å². The molecule has 0 atom stereocenters. The lowest BCUT2D eigenvalue weighted by atomic mass is 9.89. The van der Waals surface area contributed by atoms with Gasteiger partial charge in [-0.05, 0) is 45.2 Å². The lowest BCUT2D eigenvalue weighted by Crippen LogP contribution is -2.41. The Bertz CT molecular complexity index is 458. The molecule has 2 nitrogen and oxygen atoms in total. The Balaban J connectivity index is 2.00. The van der Waals surface area contributed by atoms with Crippen molar-refractivity contribution < 1.29 is 9.31 Å². The highest BCUT2D eigenvalue weighted by Crippen LogP contribution is 2.36. The van der Waals surface area contributed by atoms with E-state index in [0.717, 1.165) is 6.42 Å². The van der Waals surface area contributed by atoms with Crippen LogP contribution in [0.15, 0.2) is 30.2 Å². The van der Waals surface area contributed by atoms with Crippen LogP contribution in [0.1, 0.15) is 52.2 Å². The number of benzene rings is 1. The van der Waals surface area contributed by atoms with Gasteiger partial charge < -0.3 is 9.31 Å². The van der Waals surface area contributed by atoms with Gasteiger partial charge in [0.1, 0.15) is 0 Å². The molecule has 1 fully saturated rings. The summed E-state index contributed by atoms with van der Waals surface area (Å²) in [5.41, 5.74) is 2.03. The molecule has 1 aromatic carbocycles. The smallest absolute Gasteiger partial charge is 0.400 e. The van der Waals surface area contributed by atoms with E-state index in [1.165, 1.54) is 17.5 Å². The molecular formula is C17H25BO2. The number of rotatable bonds is 4. The zero-order valence-electron chi connectivity index (χ0n) is 13.3. The minimum atomic E-state index is -0.271. The quantitative estimate of drug-likeness (QED) is 0.761. The minimum absolute atomic E-state index is 0.268. The summed E-state index contributed by atoms with van der Waals surface area (Å²) < 4.78 is 11.9. The van der Waals surface area contributed by atoms with Gasteiger partial charge in [0, 0.05) is 0 Å². The lowest BCUT2D eigenvalue weighted by molar-refractivity contribution is 0.00578. The number of aryl methyl sites for hydroxylation is 1. The molecule has 0 radical (unpaired) electrons. The lowest BCUT2D eigenvalue weighted by Gasteiger charge is -2.32. The van der Waals surface area contributed by atoms with Crippen molar-refractivity contribution in [3.05, 3.63) is 41.4 Å². The van der Waals surface area contributed by atoms with Gasteiger partial charge in [0.2, 0.25) is 0 Å². The molecule has 0 N–H and O–H groups in total. The minimum Gasteiger partial charge on any atom is -0.400 e. The van der Waals surface area contributed by atoms with E-state index in [9.17, 15) is 0 Å². The topological polar surface area (TPSA) is 18.5 Å². The first-order chi connectivity index (χ1) is 9.34. The van der Waals surface area contributed by atoms with Gasteiger partial charge in [-0.2, -0.15) is 0 Å². The third-order valence-corrected chi connectivity index (χ3v) is 4.24. The summed E-state index contributed by atoms with van der Waals surface area (Å²) in [5, 5.41) is 0. The van der Waals surface area contributed by atoms with E-state index in [0.29, 0.717) is 0 Å². The standard InChI is InChI=1S/C17H25BO2/c1-6-7-14-8-10-15(11-9-14)12-13-18-19-16(2,3)17(4,5)20-18/h8-13H,6-7H2,1-5H3. The molecule has 0 aromatic heterocycles. The van der Waals surface area contributed by atoms with E-state index in [1.807, 2.05) is 5.98 Å². The van der Waals surface area contributed by atoms with Crippen molar-refractivity contribution in [1.29, 1.82) is 0 Å².